The zero-order chi connectivity index (χ0) is 46.9. The number of rotatable bonds is 44. The number of unbranched alkanes of at least 4 members (excludes halogenated alkanes) is 26. The fourth-order valence-corrected chi connectivity index (χ4v) is 8.30. The molecule has 0 spiro atoms. The van der Waals surface area contributed by atoms with Gasteiger partial charge in [0.1, 0.15) is 36.6 Å². The Morgan fingerprint density at radius 1 is 0.531 bits per heavy atom. The van der Waals surface area contributed by atoms with Crippen LogP contribution in [-0.2, 0) is 14.3 Å². The molecule has 376 valence electrons. The summed E-state index contributed by atoms with van der Waals surface area (Å²) in [6.45, 7) is 3.42. The lowest BCUT2D eigenvalue weighted by Crippen LogP contribution is -2.60. The third-order valence-electron chi connectivity index (χ3n) is 12.7. The van der Waals surface area contributed by atoms with Crippen LogP contribution in [0.3, 0.4) is 0 Å². The summed E-state index contributed by atoms with van der Waals surface area (Å²) in [7, 11) is 0. The highest BCUT2D eigenvalue weighted by Gasteiger charge is 2.44. The molecule has 0 aromatic heterocycles. The fourth-order valence-electron chi connectivity index (χ4n) is 8.30. The van der Waals surface area contributed by atoms with Crippen LogP contribution in [0.2, 0.25) is 0 Å². The lowest BCUT2D eigenvalue weighted by Gasteiger charge is -2.40. The minimum absolute atomic E-state index is 0.242. The normalized spacial score (nSPS) is 21.3. The van der Waals surface area contributed by atoms with E-state index in [1.807, 2.05) is 0 Å². The van der Waals surface area contributed by atoms with Crippen LogP contribution >= 0.6 is 0 Å². The Hall–Kier alpha value is -1.67. The zero-order valence-electron chi connectivity index (χ0n) is 40.8. The van der Waals surface area contributed by atoms with Crippen molar-refractivity contribution >= 4 is 5.91 Å². The van der Waals surface area contributed by atoms with Crippen molar-refractivity contribution in [2.45, 2.75) is 281 Å². The van der Waals surface area contributed by atoms with Crippen molar-refractivity contribution in [2.75, 3.05) is 13.2 Å². The van der Waals surface area contributed by atoms with Gasteiger partial charge in [-0.05, 0) is 64.2 Å². The van der Waals surface area contributed by atoms with E-state index in [0.717, 1.165) is 44.9 Å². The predicted molar refractivity (Wildman–Crippen MR) is 261 cm³/mol. The molecule has 0 aromatic rings. The van der Waals surface area contributed by atoms with Crippen molar-refractivity contribution in [3.8, 4) is 0 Å². The van der Waals surface area contributed by atoms with Gasteiger partial charge in [0.25, 0.3) is 0 Å². The predicted octanol–water partition coefficient (Wildman–Crippen LogP) is 9.95. The Morgan fingerprint density at radius 2 is 0.938 bits per heavy atom. The number of carbonyl (C=O) groups excluding carboxylic acids is 1. The first-order valence-electron chi connectivity index (χ1n) is 26.4. The number of hydrogen-bond donors (Lipinski definition) is 8. The molecular formula is C53H99NO10. The van der Waals surface area contributed by atoms with Crippen molar-refractivity contribution in [1.29, 1.82) is 0 Å². The summed E-state index contributed by atoms with van der Waals surface area (Å²) in [4.78, 5) is 13.1. The van der Waals surface area contributed by atoms with Crippen LogP contribution in [-0.4, -0.2) is 110 Å². The van der Waals surface area contributed by atoms with Gasteiger partial charge in [-0.1, -0.05) is 198 Å². The average molecular weight is 910 g/mol. The van der Waals surface area contributed by atoms with Gasteiger partial charge >= 0.3 is 0 Å². The molecule has 64 heavy (non-hydrogen) atoms. The van der Waals surface area contributed by atoms with E-state index >= 15 is 0 Å². The molecule has 0 aliphatic carbocycles. The molecule has 1 fully saturated rings. The van der Waals surface area contributed by atoms with E-state index in [-0.39, 0.29) is 12.8 Å². The molecule has 0 bridgehead atoms. The molecule has 0 aromatic carbocycles. The smallest absolute Gasteiger partial charge is 0.249 e. The molecule has 11 heteroatoms. The minimum Gasteiger partial charge on any atom is -0.394 e. The van der Waals surface area contributed by atoms with Gasteiger partial charge < -0.3 is 50.5 Å². The van der Waals surface area contributed by atoms with Crippen LogP contribution in [0.25, 0.3) is 0 Å². The van der Waals surface area contributed by atoms with E-state index in [9.17, 15) is 40.5 Å². The number of aliphatic hydroxyl groups excluding tert-OH is 7. The van der Waals surface area contributed by atoms with Crippen molar-refractivity contribution in [3.63, 3.8) is 0 Å². The Labute approximate surface area is 390 Å². The quantitative estimate of drug-likeness (QED) is 0.0216. The summed E-state index contributed by atoms with van der Waals surface area (Å²) < 4.78 is 11.1. The standard InChI is InChI=1S/C53H99NO10/c1-3-5-7-9-11-13-15-17-19-21-22-23-25-27-29-31-33-35-37-39-41-46(57)52(62)54-44(43-63-53-51(61)50(60)49(59)47(42-55)64-53)48(58)45(56)40-38-36-34-32-30-28-26-24-20-18-16-14-12-10-8-6-4-2/h14,16,24,26,32,34,44-51,53,55-61H,3-13,15,17-23,25,27-31,33,35-43H2,1-2H3,(H,54,62)/b16-14+,26-24+,34-32+. The number of hydrogen-bond acceptors (Lipinski definition) is 10. The van der Waals surface area contributed by atoms with E-state index in [2.05, 4.69) is 55.6 Å². The van der Waals surface area contributed by atoms with Crippen LogP contribution < -0.4 is 5.32 Å². The monoisotopic (exact) mass is 910 g/mol. The van der Waals surface area contributed by atoms with Crippen molar-refractivity contribution < 1.29 is 50.0 Å². The van der Waals surface area contributed by atoms with E-state index in [0.29, 0.717) is 19.3 Å². The molecule has 9 unspecified atom stereocenters. The fraction of sp³-hybridized carbons (Fsp3) is 0.868. The summed E-state index contributed by atoms with van der Waals surface area (Å²) in [5.41, 5.74) is 0. The van der Waals surface area contributed by atoms with Crippen LogP contribution in [0.5, 0.6) is 0 Å². The molecule has 1 amide bonds. The van der Waals surface area contributed by atoms with E-state index < -0.39 is 74.2 Å². The molecule has 0 saturated carbocycles. The van der Waals surface area contributed by atoms with Gasteiger partial charge in [-0.15, -0.1) is 0 Å². The summed E-state index contributed by atoms with van der Waals surface area (Å²) >= 11 is 0. The maximum Gasteiger partial charge on any atom is 0.249 e. The first kappa shape index (κ1) is 60.3. The maximum atomic E-state index is 13.1. The lowest BCUT2D eigenvalue weighted by atomic mass is 9.98. The number of carbonyl (C=O) groups is 1. The van der Waals surface area contributed by atoms with E-state index in [1.54, 1.807) is 0 Å². The lowest BCUT2D eigenvalue weighted by molar-refractivity contribution is -0.303. The third kappa shape index (κ3) is 31.3. The second-order valence-electron chi connectivity index (χ2n) is 18.6. The number of ether oxygens (including phenoxy) is 2. The summed E-state index contributed by atoms with van der Waals surface area (Å²) in [5.74, 6) is -0.710. The van der Waals surface area contributed by atoms with Crippen LogP contribution in [0.1, 0.15) is 226 Å². The Bertz CT molecular complexity index is 1130. The van der Waals surface area contributed by atoms with Gasteiger partial charge in [-0.2, -0.15) is 0 Å². The highest BCUT2D eigenvalue weighted by atomic mass is 16.7. The van der Waals surface area contributed by atoms with Gasteiger partial charge in [-0.3, -0.25) is 4.79 Å². The first-order valence-corrected chi connectivity index (χ1v) is 26.4. The molecule has 1 aliphatic heterocycles. The van der Waals surface area contributed by atoms with Gasteiger partial charge in [0.2, 0.25) is 5.91 Å². The van der Waals surface area contributed by atoms with E-state index in [1.165, 1.54) is 135 Å². The zero-order valence-corrected chi connectivity index (χ0v) is 40.8. The van der Waals surface area contributed by atoms with Gasteiger partial charge in [0.15, 0.2) is 6.29 Å². The molecule has 1 rings (SSSR count). The topological polar surface area (TPSA) is 189 Å². The van der Waals surface area contributed by atoms with Crippen molar-refractivity contribution in [2.24, 2.45) is 0 Å². The molecule has 1 heterocycles. The summed E-state index contributed by atoms with van der Waals surface area (Å²) in [6.07, 6.45) is 39.0. The molecule has 1 saturated heterocycles. The van der Waals surface area contributed by atoms with Crippen LogP contribution in [0.15, 0.2) is 36.5 Å². The van der Waals surface area contributed by atoms with Crippen LogP contribution in [0.4, 0.5) is 0 Å². The Balaban J connectivity index is 2.40. The molecular weight excluding hydrogens is 811 g/mol. The second kappa shape index (κ2) is 42.7. The minimum atomic E-state index is -1.67. The van der Waals surface area contributed by atoms with Gasteiger partial charge in [0.05, 0.1) is 25.4 Å². The number of allylic oxidation sites excluding steroid dienone is 6. The molecule has 1 aliphatic rings. The molecule has 0 radical (unpaired) electrons. The van der Waals surface area contributed by atoms with Crippen molar-refractivity contribution in [3.05, 3.63) is 36.5 Å². The van der Waals surface area contributed by atoms with Crippen molar-refractivity contribution in [1.82, 2.24) is 5.32 Å². The second-order valence-corrected chi connectivity index (χ2v) is 18.6. The number of amides is 1. The highest BCUT2D eigenvalue weighted by Crippen LogP contribution is 2.23. The van der Waals surface area contributed by atoms with Gasteiger partial charge in [-0.25, -0.2) is 0 Å². The average Bonchev–Trinajstić information content (AvgIpc) is 3.29. The molecule has 11 nitrogen and oxygen atoms in total. The Morgan fingerprint density at radius 3 is 1.39 bits per heavy atom. The SMILES string of the molecule is CCCCCC/C=C/CC/C=C/CC/C=C/CCCC(O)C(O)C(COC1OC(CO)C(O)C(O)C1O)NC(=O)C(O)CCCCCCCCCCCCCCCCCCCCCC. The summed E-state index contributed by atoms with van der Waals surface area (Å²) in [6, 6.07) is -1.19. The number of nitrogens with one attached hydrogen (secondary N) is 1. The van der Waals surface area contributed by atoms with Crippen LogP contribution in [0, 0.1) is 0 Å². The maximum absolute atomic E-state index is 13.1. The largest absolute Gasteiger partial charge is 0.394 e. The molecule has 9 atom stereocenters. The van der Waals surface area contributed by atoms with E-state index in [4.69, 9.17) is 9.47 Å². The third-order valence-corrected chi connectivity index (χ3v) is 12.7. The summed E-state index contributed by atoms with van der Waals surface area (Å²) in [5, 5.41) is 75.9. The van der Waals surface area contributed by atoms with Gasteiger partial charge in [0, 0.05) is 0 Å². The Kier molecular flexibility index (Phi) is 40.2. The first-order chi connectivity index (χ1) is 31.2. The molecule has 8 N–H and O–H groups in total. The highest BCUT2D eigenvalue weighted by molar-refractivity contribution is 5.80. The number of aliphatic hydroxyl groups is 7.